The molecule has 0 aromatic heterocycles. The number of aliphatic hydroxyl groups excluding tert-OH is 3. The van der Waals surface area contributed by atoms with Crippen molar-refractivity contribution < 1.29 is 29.6 Å². The molecule has 0 heterocycles. The molecule has 0 aliphatic rings. The van der Waals surface area contributed by atoms with Crippen LogP contribution in [0.3, 0.4) is 0 Å². The van der Waals surface area contributed by atoms with Gasteiger partial charge >= 0.3 is 6.09 Å². The lowest BCUT2D eigenvalue weighted by atomic mass is 9.93. The van der Waals surface area contributed by atoms with Crippen molar-refractivity contribution in [2.24, 2.45) is 11.3 Å². The molecule has 0 fully saturated rings. The third kappa shape index (κ3) is 8.81. The zero-order valence-corrected chi connectivity index (χ0v) is 13.3. The summed E-state index contributed by atoms with van der Waals surface area (Å²) >= 11 is 0. The van der Waals surface area contributed by atoms with Crippen LogP contribution in [0.25, 0.3) is 0 Å². The van der Waals surface area contributed by atoms with Crippen molar-refractivity contribution in [2.75, 3.05) is 39.5 Å². The molecule has 130 valence electrons. The summed E-state index contributed by atoms with van der Waals surface area (Å²) in [6.45, 7) is 2.76. The minimum absolute atomic E-state index is 0.0660. The predicted octanol–water partition coefficient (Wildman–Crippen LogP) is -0.772. The van der Waals surface area contributed by atoms with Crippen molar-refractivity contribution in [1.29, 1.82) is 0 Å². The molecule has 5 N–H and O–H groups in total. The van der Waals surface area contributed by atoms with Crippen LogP contribution in [0, 0.1) is 11.3 Å². The second-order valence-corrected chi connectivity index (χ2v) is 5.76. The van der Waals surface area contributed by atoms with Gasteiger partial charge in [0.1, 0.15) is 6.61 Å². The van der Waals surface area contributed by atoms with E-state index in [1.165, 1.54) is 0 Å². The minimum Gasteiger partial charge on any atom is -0.449 e. The van der Waals surface area contributed by atoms with Crippen LogP contribution in [0.15, 0.2) is 0 Å². The SMILES string of the molecule is CC(C)CCC(=O)NCCNC(=O)OCC(CO)(CO)CO. The van der Waals surface area contributed by atoms with E-state index in [-0.39, 0.29) is 25.6 Å². The van der Waals surface area contributed by atoms with Gasteiger partial charge in [-0.25, -0.2) is 4.79 Å². The van der Waals surface area contributed by atoms with Gasteiger partial charge in [0, 0.05) is 19.5 Å². The highest BCUT2D eigenvalue weighted by molar-refractivity contribution is 5.75. The fourth-order valence-corrected chi connectivity index (χ4v) is 1.43. The third-order valence-electron chi connectivity index (χ3n) is 3.18. The van der Waals surface area contributed by atoms with E-state index in [9.17, 15) is 9.59 Å². The maximum Gasteiger partial charge on any atom is 0.407 e. The van der Waals surface area contributed by atoms with Crippen molar-refractivity contribution in [3.05, 3.63) is 0 Å². The molecule has 0 saturated carbocycles. The Labute approximate surface area is 130 Å². The molecule has 0 aromatic carbocycles. The number of hydrogen-bond donors (Lipinski definition) is 5. The van der Waals surface area contributed by atoms with E-state index in [4.69, 9.17) is 20.1 Å². The second kappa shape index (κ2) is 11.2. The Balaban J connectivity index is 3.80. The summed E-state index contributed by atoms with van der Waals surface area (Å²) in [5.74, 6) is 0.396. The Morgan fingerprint density at radius 3 is 2.09 bits per heavy atom. The van der Waals surface area contributed by atoms with Crippen LogP contribution < -0.4 is 10.6 Å². The van der Waals surface area contributed by atoms with Gasteiger partial charge in [-0.3, -0.25) is 4.79 Å². The molecule has 0 spiro atoms. The van der Waals surface area contributed by atoms with Gasteiger partial charge in [-0.05, 0) is 12.3 Å². The Bertz CT molecular complexity index is 323. The molecule has 0 rings (SSSR count). The molecule has 8 heteroatoms. The van der Waals surface area contributed by atoms with Crippen LogP contribution in [0.2, 0.25) is 0 Å². The molecule has 0 unspecified atom stereocenters. The van der Waals surface area contributed by atoms with Crippen molar-refractivity contribution in [2.45, 2.75) is 26.7 Å². The molecular weight excluding hydrogens is 292 g/mol. The van der Waals surface area contributed by atoms with Gasteiger partial charge in [-0.15, -0.1) is 0 Å². The largest absolute Gasteiger partial charge is 0.449 e. The highest BCUT2D eigenvalue weighted by Gasteiger charge is 2.30. The molecule has 0 aliphatic heterocycles. The number of carbonyl (C=O) groups is 2. The second-order valence-electron chi connectivity index (χ2n) is 5.76. The van der Waals surface area contributed by atoms with Gasteiger partial charge in [0.05, 0.1) is 25.2 Å². The summed E-state index contributed by atoms with van der Waals surface area (Å²) in [5.41, 5.74) is -1.25. The molecule has 0 atom stereocenters. The summed E-state index contributed by atoms with van der Waals surface area (Å²) in [7, 11) is 0. The average Bonchev–Trinajstić information content (AvgIpc) is 2.51. The van der Waals surface area contributed by atoms with E-state index in [2.05, 4.69) is 10.6 Å². The monoisotopic (exact) mass is 320 g/mol. The first-order valence-corrected chi connectivity index (χ1v) is 7.39. The number of ether oxygens (including phenoxy) is 1. The lowest BCUT2D eigenvalue weighted by molar-refractivity contribution is -0.121. The number of amides is 2. The number of hydrogen-bond acceptors (Lipinski definition) is 6. The van der Waals surface area contributed by atoms with Crippen molar-refractivity contribution in [1.82, 2.24) is 10.6 Å². The fraction of sp³-hybridized carbons (Fsp3) is 0.857. The lowest BCUT2D eigenvalue weighted by Crippen LogP contribution is -2.41. The quantitative estimate of drug-likeness (QED) is 0.318. The van der Waals surface area contributed by atoms with E-state index < -0.39 is 31.3 Å². The molecule has 0 radical (unpaired) electrons. The maximum absolute atomic E-state index is 11.4. The highest BCUT2D eigenvalue weighted by Crippen LogP contribution is 2.14. The molecule has 22 heavy (non-hydrogen) atoms. The van der Waals surface area contributed by atoms with E-state index in [0.29, 0.717) is 12.3 Å². The summed E-state index contributed by atoms with van der Waals surface area (Å²) in [4.78, 5) is 22.8. The van der Waals surface area contributed by atoms with Crippen molar-refractivity contribution >= 4 is 12.0 Å². The lowest BCUT2D eigenvalue weighted by Gasteiger charge is -2.26. The Morgan fingerprint density at radius 1 is 1.05 bits per heavy atom. The maximum atomic E-state index is 11.4. The first kappa shape index (κ1) is 20.6. The van der Waals surface area contributed by atoms with E-state index >= 15 is 0 Å². The van der Waals surface area contributed by atoms with Gasteiger partial charge in [0.25, 0.3) is 0 Å². The summed E-state index contributed by atoms with van der Waals surface area (Å²) < 4.78 is 4.82. The minimum atomic E-state index is -1.25. The van der Waals surface area contributed by atoms with Crippen LogP contribution >= 0.6 is 0 Å². The normalized spacial score (nSPS) is 11.4. The zero-order chi connectivity index (χ0) is 17.0. The van der Waals surface area contributed by atoms with Gasteiger partial charge in [0.15, 0.2) is 0 Å². The molecule has 8 nitrogen and oxygen atoms in total. The van der Waals surface area contributed by atoms with E-state index in [0.717, 1.165) is 6.42 Å². The molecule has 0 bridgehead atoms. The number of alkyl carbamates (subject to hydrolysis) is 1. The van der Waals surface area contributed by atoms with Gasteiger partial charge in [0.2, 0.25) is 5.91 Å². The Hall–Kier alpha value is -1.38. The number of carbonyl (C=O) groups excluding carboxylic acids is 2. The average molecular weight is 320 g/mol. The predicted molar refractivity (Wildman–Crippen MR) is 80.1 cm³/mol. The van der Waals surface area contributed by atoms with Crippen LogP contribution in [-0.2, 0) is 9.53 Å². The number of rotatable bonds is 11. The molecular formula is C14H28N2O6. The number of aliphatic hydroxyl groups is 3. The van der Waals surface area contributed by atoms with Gasteiger partial charge in [-0.1, -0.05) is 13.8 Å². The zero-order valence-electron chi connectivity index (χ0n) is 13.3. The Kier molecular flexibility index (Phi) is 10.5. The van der Waals surface area contributed by atoms with Crippen molar-refractivity contribution in [3.8, 4) is 0 Å². The third-order valence-corrected chi connectivity index (χ3v) is 3.18. The highest BCUT2D eigenvalue weighted by atomic mass is 16.6. The van der Waals surface area contributed by atoms with Gasteiger partial charge in [-0.2, -0.15) is 0 Å². The summed E-state index contributed by atoms with van der Waals surface area (Å²) in [6.07, 6.45) is 0.525. The van der Waals surface area contributed by atoms with Crippen molar-refractivity contribution in [3.63, 3.8) is 0 Å². The topological polar surface area (TPSA) is 128 Å². The van der Waals surface area contributed by atoms with E-state index in [1.54, 1.807) is 0 Å². The summed E-state index contributed by atoms with van der Waals surface area (Å²) in [5, 5.41) is 32.3. The van der Waals surface area contributed by atoms with E-state index in [1.807, 2.05) is 13.8 Å². The first-order chi connectivity index (χ1) is 10.4. The fourth-order valence-electron chi connectivity index (χ4n) is 1.43. The smallest absolute Gasteiger partial charge is 0.407 e. The van der Waals surface area contributed by atoms with Crippen LogP contribution in [0.1, 0.15) is 26.7 Å². The molecule has 2 amide bonds. The standard InChI is InChI=1S/C14H28N2O6/c1-11(2)3-4-12(20)15-5-6-16-13(21)22-10-14(7-17,8-18)9-19/h11,17-19H,3-10H2,1-2H3,(H,15,20)(H,16,21). The molecule has 0 aromatic rings. The molecule has 0 saturated heterocycles. The number of nitrogens with one attached hydrogen (secondary N) is 2. The van der Waals surface area contributed by atoms with Crippen LogP contribution in [0.4, 0.5) is 4.79 Å². The Morgan fingerprint density at radius 2 is 1.59 bits per heavy atom. The summed E-state index contributed by atoms with van der Waals surface area (Å²) in [6, 6.07) is 0. The van der Waals surface area contributed by atoms with Crippen LogP contribution in [0.5, 0.6) is 0 Å². The van der Waals surface area contributed by atoms with Crippen LogP contribution in [-0.4, -0.2) is 66.8 Å². The van der Waals surface area contributed by atoms with Gasteiger partial charge < -0.3 is 30.7 Å². The first-order valence-electron chi connectivity index (χ1n) is 7.39. The molecule has 0 aliphatic carbocycles.